The van der Waals surface area contributed by atoms with E-state index in [1.54, 1.807) is 0 Å². The van der Waals surface area contributed by atoms with Crippen molar-refractivity contribution in [1.82, 2.24) is 0 Å². The molecule has 0 saturated heterocycles. The van der Waals surface area contributed by atoms with Crippen molar-refractivity contribution in [1.29, 1.82) is 0 Å². The zero-order chi connectivity index (χ0) is 50.0. The maximum Gasteiger partial charge on any atom is 0.306 e. The normalized spacial score (nSPS) is 12.8. The summed E-state index contributed by atoms with van der Waals surface area (Å²) in [5, 5.41) is 0. The van der Waals surface area contributed by atoms with Crippen LogP contribution in [0.5, 0.6) is 0 Å². The Morgan fingerprint density at radius 2 is 0.594 bits per heavy atom. The highest BCUT2D eigenvalue weighted by molar-refractivity contribution is 5.71. The van der Waals surface area contributed by atoms with E-state index < -0.39 is 6.10 Å². The summed E-state index contributed by atoms with van der Waals surface area (Å²) in [6.45, 7) is 6.40. The number of carbonyl (C=O) groups excluding carboxylic acids is 3. The van der Waals surface area contributed by atoms with Crippen LogP contribution in [0.3, 0.4) is 0 Å². The number of hydrogen-bond acceptors (Lipinski definition) is 6. The van der Waals surface area contributed by atoms with Gasteiger partial charge >= 0.3 is 17.9 Å². The number of ether oxygens (including phenoxy) is 3. The molecule has 0 aliphatic rings. The maximum absolute atomic E-state index is 12.8. The minimum absolute atomic E-state index is 0.0820. The summed E-state index contributed by atoms with van der Waals surface area (Å²) in [6, 6.07) is 0. The largest absolute Gasteiger partial charge is 0.462 e. The molecule has 0 amide bonds. The molecule has 1 atom stereocenters. The smallest absolute Gasteiger partial charge is 0.306 e. The monoisotopic (exact) mass is 959 g/mol. The van der Waals surface area contributed by atoms with Gasteiger partial charge in [-0.2, -0.15) is 0 Å². The summed E-state index contributed by atoms with van der Waals surface area (Å²) in [4.78, 5) is 37.9. The summed E-state index contributed by atoms with van der Waals surface area (Å²) < 4.78 is 16.7. The van der Waals surface area contributed by atoms with Crippen LogP contribution in [0, 0.1) is 0 Å². The third-order valence-corrected chi connectivity index (χ3v) is 12.1. The lowest BCUT2D eigenvalue weighted by atomic mass is 10.0. The van der Waals surface area contributed by atoms with Gasteiger partial charge in [0.05, 0.1) is 0 Å². The van der Waals surface area contributed by atoms with Gasteiger partial charge in [0, 0.05) is 19.3 Å². The molecule has 0 aliphatic carbocycles. The Hall–Kier alpha value is -3.67. The summed E-state index contributed by atoms with van der Waals surface area (Å²) >= 11 is 0. The van der Waals surface area contributed by atoms with Gasteiger partial charge in [0.15, 0.2) is 6.10 Å². The highest BCUT2D eigenvalue weighted by Gasteiger charge is 2.19. The number of hydrogen-bond donors (Lipinski definition) is 0. The van der Waals surface area contributed by atoms with E-state index in [1.807, 2.05) is 0 Å². The highest BCUT2D eigenvalue weighted by atomic mass is 16.6. The third kappa shape index (κ3) is 55.1. The van der Waals surface area contributed by atoms with E-state index in [0.29, 0.717) is 19.3 Å². The summed E-state index contributed by atoms with van der Waals surface area (Å²) in [7, 11) is 0. The minimum Gasteiger partial charge on any atom is -0.462 e. The summed E-state index contributed by atoms with van der Waals surface area (Å²) in [6.07, 6.45) is 75.7. The molecule has 0 saturated carbocycles. The molecule has 0 bridgehead atoms. The number of esters is 3. The van der Waals surface area contributed by atoms with Crippen molar-refractivity contribution in [2.24, 2.45) is 0 Å². The van der Waals surface area contributed by atoms with Crippen molar-refractivity contribution in [3.05, 3.63) is 97.2 Å². The number of allylic oxidation sites excluding steroid dienone is 16. The van der Waals surface area contributed by atoms with Crippen molar-refractivity contribution in [3.8, 4) is 0 Å². The molecule has 1 unspecified atom stereocenters. The van der Waals surface area contributed by atoms with Crippen molar-refractivity contribution in [3.63, 3.8) is 0 Å². The molecule has 394 valence electrons. The van der Waals surface area contributed by atoms with E-state index in [-0.39, 0.29) is 31.1 Å². The predicted molar refractivity (Wildman–Crippen MR) is 297 cm³/mol. The van der Waals surface area contributed by atoms with E-state index in [1.165, 1.54) is 96.3 Å². The fourth-order valence-electron chi connectivity index (χ4n) is 7.78. The average Bonchev–Trinajstić information content (AvgIpc) is 3.35. The van der Waals surface area contributed by atoms with Gasteiger partial charge in [-0.05, 0) is 96.3 Å². The number of unbranched alkanes of at least 4 members (excludes halogenated alkanes) is 24. The fourth-order valence-corrected chi connectivity index (χ4v) is 7.78. The number of rotatable bonds is 51. The predicted octanol–water partition coefficient (Wildman–Crippen LogP) is 19.3. The van der Waals surface area contributed by atoms with Crippen LogP contribution in [0.1, 0.15) is 265 Å². The van der Waals surface area contributed by atoms with Gasteiger partial charge in [0.2, 0.25) is 0 Å². The van der Waals surface area contributed by atoms with E-state index in [4.69, 9.17) is 14.2 Å². The van der Waals surface area contributed by atoms with Crippen LogP contribution in [-0.4, -0.2) is 37.2 Å². The molecule has 0 aromatic carbocycles. The van der Waals surface area contributed by atoms with Gasteiger partial charge in [-0.25, -0.2) is 0 Å². The van der Waals surface area contributed by atoms with Gasteiger partial charge in [0.1, 0.15) is 13.2 Å². The molecule has 69 heavy (non-hydrogen) atoms. The van der Waals surface area contributed by atoms with Gasteiger partial charge in [-0.1, -0.05) is 246 Å². The second-order valence-electron chi connectivity index (χ2n) is 18.8. The Morgan fingerprint density at radius 3 is 0.942 bits per heavy atom. The highest BCUT2D eigenvalue weighted by Crippen LogP contribution is 2.15. The standard InChI is InChI=1S/C63H106O6/c1-4-7-10-13-16-18-20-22-23-24-25-26-27-28-29-30-31-32-33-34-35-36-37-38-39-41-42-44-47-50-53-56-62(65)68-59-60(58-67-61(64)55-52-49-46-15-12-9-6-3)69-63(66)57-54-51-48-45-43-40-21-19-17-14-11-8-5-2/h7,10-11,14,16,18-19,21-23,25-26,28-29,31-32,60H,4-6,8-9,12-13,15,17,20,24,27,30,33-59H2,1-3H3/b10-7-,14-11-,18-16-,21-19-,23-22-,26-25-,29-28-,32-31-. The van der Waals surface area contributed by atoms with Crippen LogP contribution < -0.4 is 0 Å². The molecule has 0 aliphatic heterocycles. The summed E-state index contributed by atoms with van der Waals surface area (Å²) in [5.41, 5.74) is 0. The molecule has 6 heteroatoms. The topological polar surface area (TPSA) is 78.9 Å². The molecule has 0 aromatic heterocycles. The van der Waals surface area contributed by atoms with Gasteiger partial charge < -0.3 is 14.2 Å². The van der Waals surface area contributed by atoms with Crippen molar-refractivity contribution in [2.45, 2.75) is 271 Å². The Morgan fingerprint density at radius 1 is 0.304 bits per heavy atom. The molecule has 0 heterocycles. The summed E-state index contributed by atoms with van der Waals surface area (Å²) in [5.74, 6) is -0.904. The first-order chi connectivity index (χ1) is 34.0. The van der Waals surface area contributed by atoms with Crippen LogP contribution >= 0.6 is 0 Å². The molecular formula is C63H106O6. The zero-order valence-electron chi connectivity index (χ0n) is 45.0. The Labute approximate surface area is 426 Å². The van der Waals surface area contributed by atoms with Crippen molar-refractivity contribution >= 4 is 17.9 Å². The lowest BCUT2D eigenvalue weighted by molar-refractivity contribution is -0.167. The fraction of sp³-hybridized carbons (Fsp3) is 0.698. The van der Waals surface area contributed by atoms with Crippen LogP contribution in [0.4, 0.5) is 0 Å². The van der Waals surface area contributed by atoms with Gasteiger partial charge in [-0.3, -0.25) is 14.4 Å². The molecular weight excluding hydrogens is 853 g/mol. The van der Waals surface area contributed by atoms with Crippen LogP contribution in [0.2, 0.25) is 0 Å². The van der Waals surface area contributed by atoms with Crippen LogP contribution in [0.25, 0.3) is 0 Å². The van der Waals surface area contributed by atoms with Crippen molar-refractivity contribution < 1.29 is 28.6 Å². The molecule has 0 fully saturated rings. The van der Waals surface area contributed by atoms with Crippen LogP contribution in [-0.2, 0) is 28.6 Å². The van der Waals surface area contributed by atoms with Crippen molar-refractivity contribution in [2.75, 3.05) is 13.2 Å². The third-order valence-electron chi connectivity index (χ3n) is 12.1. The van der Waals surface area contributed by atoms with E-state index in [0.717, 1.165) is 128 Å². The molecule has 0 rings (SSSR count). The van der Waals surface area contributed by atoms with E-state index in [9.17, 15) is 14.4 Å². The molecule has 6 nitrogen and oxygen atoms in total. The molecule has 0 N–H and O–H groups in total. The lowest BCUT2D eigenvalue weighted by Crippen LogP contribution is -2.30. The first kappa shape index (κ1) is 65.3. The Kier molecular flexibility index (Phi) is 53.9. The SMILES string of the molecule is CC/C=C\C/C=C\C/C=C\C/C=C\C/C=C\C/C=C\CCCCCCCCCCCCCCC(=O)OCC(COC(=O)CCCCCCCCC)OC(=O)CCCCCCC/C=C\C/C=C\CCC. The molecule has 0 aromatic rings. The van der Waals surface area contributed by atoms with Gasteiger partial charge in [-0.15, -0.1) is 0 Å². The molecule has 0 radical (unpaired) electrons. The van der Waals surface area contributed by atoms with Crippen LogP contribution in [0.15, 0.2) is 97.2 Å². The molecule has 0 spiro atoms. The first-order valence-electron chi connectivity index (χ1n) is 28.7. The maximum atomic E-state index is 12.8. The number of carbonyl (C=O) groups is 3. The Bertz CT molecular complexity index is 1380. The minimum atomic E-state index is -0.781. The quantitative estimate of drug-likeness (QED) is 0.0262. The van der Waals surface area contributed by atoms with E-state index >= 15 is 0 Å². The first-order valence-corrected chi connectivity index (χ1v) is 28.7. The second kappa shape index (κ2) is 56.9. The second-order valence-corrected chi connectivity index (χ2v) is 18.8. The zero-order valence-corrected chi connectivity index (χ0v) is 45.0. The lowest BCUT2D eigenvalue weighted by Gasteiger charge is -2.18. The average molecular weight is 960 g/mol. The Balaban J connectivity index is 4.08. The van der Waals surface area contributed by atoms with Gasteiger partial charge in [0.25, 0.3) is 0 Å². The van der Waals surface area contributed by atoms with E-state index in [2.05, 4.69) is 118 Å².